The van der Waals surface area contributed by atoms with Gasteiger partial charge < -0.3 is 14.9 Å². The van der Waals surface area contributed by atoms with Gasteiger partial charge in [-0.25, -0.2) is 4.57 Å². The van der Waals surface area contributed by atoms with Gasteiger partial charge >= 0.3 is 7.82 Å². The highest BCUT2D eigenvalue weighted by Gasteiger charge is 2.22. The molecule has 0 fully saturated rings. The summed E-state index contributed by atoms with van der Waals surface area (Å²) in [6, 6.07) is 6.20. The molecule has 1 atom stereocenters. The predicted octanol–water partition coefficient (Wildman–Crippen LogP) is 3.15. The third-order valence-electron chi connectivity index (χ3n) is 3.49. The van der Waals surface area contributed by atoms with Gasteiger partial charge in [-0.15, -0.1) is 0 Å². The van der Waals surface area contributed by atoms with Crippen LogP contribution in [0.4, 0.5) is 0 Å². The lowest BCUT2D eigenvalue weighted by Crippen LogP contribution is -2.26. The van der Waals surface area contributed by atoms with E-state index in [0.717, 1.165) is 25.7 Å². The highest BCUT2D eigenvalue weighted by atomic mass is 31.2. The van der Waals surface area contributed by atoms with Crippen LogP contribution >= 0.6 is 7.82 Å². The van der Waals surface area contributed by atoms with E-state index in [-0.39, 0.29) is 31.4 Å². The Labute approximate surface area is 149 Å². The predicted molar refractivity (Wildman–Crippen MR) is 95.2 cm³/mol. The molecule has 0 heterocycles. The molecule has 0 aliphatic rings. The van der Waals surface area contributed by atoms with Crippen LogP contribution in [0.1, 0.15) is 51.0 Å². The van der Waals surface area contributed by atoms with Crippen molar-refractivity contribution in [3.05, 3.63) is 29.8 Å². The fraction of sp³-hybridized carbons (Fsp3) is 0.588. The average Bonchev–Trinajstić information content (AvgIpc) is 2.58. The normalized spacial score (nSPS) is 13.2. The molecule has 0 bridgehead atoms. The third-order valence-corrected chi connectivity index (χ3v) is 4.44. The van der Waals surface area contributed by atoms with Crippen LogP contribution in [-0.4, -0.2) is 29.1 Å². The summed E-state index contributed by atoms with van der Waals surface area (Å²) in [4.78, 5) is 21.3. The number of carbonyl (C=O) groups is 1. The molecule has 0 saturated carbocycles. The Morgan fingerprint density at radius 2 is 2.00 bits per heavy atom. The highest BCUT2D eigenvalue weighted by molar-refractivity contribution is 7.47. The quantitative estimate of drug-likeness (QED) is 0.362. The molecule has 0 saturated heterocycles. The molecule has 7 nitrogen and oxygen atoms in total. The molecule has 25 heavy (non-hydrogen) atoms. The van der Waals surface area contributed by atoms with Gasteiger partial charge in [0.15, 0.2) is 0 Å². The van der Waals surface area contributed by atoms with Crippen LogP contribution in [0.15, 0.2) is 24.3 Å². The summed E-state index contributed by atoms with van der Waals surface area (Å²) in [5.74, 6) is 0.0398. The van der Waals surface area contributed by atoms with Crippen molar-refractivity contribution in [1.29, 1.82) is 0 Å². The number of hydrogen-bond donors (Lipinski definition) is 3. The Hall–Kier alpha value is -1.40. The molecule has 1 unspecified atom stereocenters. The smallest absolute Gasteiger partial charge is 0.404 e. The van der Waals surface area contributed by atoms with Gasteiger partial charge in [0, 0.05) is 13.0 Å². The Morgan fingerprint density at radius 1 is 1.24 bits per heavy atom. The summed E-state index contributed by atoms with van der Waals surface area (Å²) in [6.45, 7) is 1.95. The fourth-order valence-electron chi connectivity index (χ4n) is 2.19. The second-order valence-electron chi connectivity index (χ2n) is 5.71. The van der Waals surface area contributed by atoms with Crippen molar-refractivity contribution in [3.8, 4) is 5.75 Å². The minimum atomic E-state index is -4.27. The second kappa shape index (κ2) is 12.0. The molecule has 0 spiro atoms. The topological polar surface area (TPSA) is 105 Å². The summed E-state index contributed by atoms with van der Waals surface area (Å²) in [5.41, 5.74) is 0.559. The van der Waals surface area contributed by atoms with Gasteiger partial charge in [-0.1, -0.05) is 44.7 Å². The van der Waals surface area contributed by atoms with Gasteiger partial charge in [0.2, 0.25) is 5.91 Å². The summed E-state index contributed by atoms with van der Waals surface area (Å²) < 4.78 is 21.6. The van der Waals surface area contributed by atoms with Gasteiger partial charge in [-0.05, 0) is 24.1 Å². The van der Waals surface area contributed by atoms with Crippen molar-refractivity contribution in [2.75, 3.05) is 13.2 Å². The molecular formula is C17H28NO6P. The summed E-state index contributed by atoms with van der Waals surface area (Å²) in [7, 11) is -4.27. The van der Waals surface area contributed by atoms with Gasteiger partial charge in [0.25, 0.3) is 0 Å². The lowest BCUT2D eigenvalue weighted by atomic mass is 10.1. The van der Waals surface area contributed by atoms with Gasteiger partial charge in [-0.2, -0.15) is 0 Å². The second-order valence-corrected chi connectivity index (χ2v) is 7.09. The van der Waals surface area contributed by atoms with Gasteiger partial charge in [-0.3, -0.25) is 14.2 Å². The number of aliphatic hydroxyl groups is 1. The minimum absolute atomic E-state index is 0.0931. The lowest BCUT2D eigenvalue weighted by Gasteiger charge is -2.13. The summed E-state index contributed by atoms with van der Waals surface area (Å²) >= 11 is 0. The maximum atomic E-state index is 11.8. The number of aliphatic hydroxyl groups excluding tert-OH is 1. The van der Waals surface area contributed by atoms with Gasteiger partial charge in [0.05, 0.1) is 13.2 Å². The molecule has 3 N–H and O–H groups in total. The fourth-order valence-corrected chi connectivity index (χ4v) is 2.94. The Bertz CT molecular complexity index is 566. The minimum Gasteiger partial charge on any atom is -0.404 e. The molecule has 0 aromatic heterocycles. The molecule has 0 radical (unpaired) electrons. The number of benzene rings is 1. The van der Waals surface area contributed by atoms with E-state index in [2.05, 4.69) is 12.2 Å². The first kappa shape index (κ1) is 21.6. The van der Waals surface area contributed by atoms with E-state index in [1.165, 1.54) is 18.6 Å². The number of rotatable bonds is 13. The molecule has 142 valence electrons. The molecule has 8 heteroatoms. The number of hydrogen-bond acceptors (Lipinski definition) is 5. The van der Waals surface area contributed by atoms with E-state index in [9.17, 15) is 14.3 Å². The average molecular weight is 373 g/mol. The molecule has 0 aliphatic carbocycles. The number of nitrogens with one attached hydrogen (secondary N) is 1. The Morgan fingerprint density at radius 3 is 2.72 bits per heavy atom. The highest BCUT2D eigenvalue weighted by Crippen LogP contribution is 2.43. The summed E-state index contributed by atoms with van der Waals surface area (Å²) in [5, 5.41) is 11.7. The first-order valence-corrected chi connectivity index (χ1v) is 10.1. The number of carbonyl (C=O) groups excluding carboxylic acids is 1. The molecular weight excluding hydrogens is 345 g/mol. The largest absolute Gasteiger partial charge is 0.527 e. The van der Waals surface area contributed by atoms with Crippen LogP contribution in [0.3, 0.4) is 0 Å². The molecule has 1 aromatic carbocycles. The maximum absolute atomic E-state index is 11.8. The van der Waals surface area contributed by atoms with E-state index in [0.29, 0.717) is 12.0 Å². The van der Waals surface area contributed by atoms with Crippen molar-refractivity contribution >= 4 is 13.7 Å². The monoisotopic (exact) mass is 373 g/mol. The van der Waals surface area contributed by atoms with Crippen molar-refractivity contribution < 1.29 is 28.4 Å². The van der Waals surface area contributed by atoms with Crippen molar-refractivity contribution in [3.63, 3.8) is 0 Å². The molecule has 1 rings (SSSR count). The lowest BCUT2D eigenvalue weighted by molar-refractivity contribution is -0.121. The van der Waals surface area contributed by atoms with Gasteiger partial charge in [0.1, 0.15) is 5.75 Å². The Balaban J connectivity index is 2.21. The zero-order chi connectivity index (χ0) is 18.5. The van der Waals surface area contributed by atoms with Crippen molar-refractivity contribution in [2.24, 2.45) is 0 Å². The van der Waals surface area contributed by atoms with Crippen LogP contribution in [0.25, 0.3) is 0 Å². The number of unbranched alkanes of at least 4 members (excludes halogenated alkanes) is 4. The van der Waals surface area contributed by atoms with E-state index in [1.54, 1.807) is 12.1 Å². The third kappa shape index (κ3) is 10.2. The van der Waals surface area contributed by atoms with Crippen LogP contribution in [0, 0.1) is 0 Å². The first-order valence-electron chi connectivity index (χ1n) is 8.60. The number of amides is 1. The van der Waals surface area contributed by atoms with Crippen molar-refractivity contribution in [1.82, 2.24) is 5.32 Å². The molecule has 1 aromatic rings. The van der Waals surface area contributed by atoms with Crippen LogP contribution in [0.2, 0.25) is 0 Å². The van der Waals surface area contributed by atoms with E-state index < -0.39 is 7.82 Å². The molecule has 1 amide bonds. The maximum Gasteiger partial charge on any atom is 0.527 e. The van der Waals surface area contributed by atoms with E-state index in [1.807, 2.05) is 0 Å². The number of phosphoric acid groups is 1. The van der Waals surface area contributed by atoms with Crippen LogP contribution in [0.5, 0.6) is 5.75 Å². The standard InChI is InChI=1S/C17H28NO6P/c1-2-3-4-5-6-10-17(20)18-11-12-23-25(21,22)24-16-9-7-8-15(13-16)14-19/h7-9,13,19H,2-6,10-12,14H2,1H3,(H,18,20)(H,21,22). The Kier molecular flexibility index (Phi) is 10.4. The van der Waals surface area contributed by atoms with Crippen LogP contribution in [-0.2, 0) is 20.5 Å². The molecule has 0 aliphatic heterocycles. The summed E-state index contributed by atoms with van der Waals surface area (Å²) in [6.07, 6.45) is 5.81. The number of phosphoric ester groups is 1. The van der Waals surface area contributed by atoms with E-state index in [4.69, 9.17) is 14.2 Å². The van der Waals surface area contributed by atoms with Crippen LogP contribution < -0.4 is 9.84 Å². The van der Waals surface area contributed by atoms with E-state index >= 15 is 0 Å². The zero-order valence-electron chi connectivity index (χ0n) is 14.6. The SMILES string of the molecule is CCCCCCCC(=O)NCCOP(=O)(O)Oc1cccc(CO)c1. The van der Waals surface area contributed by atoms with Crippen molar-refractivity contribution in [2.45, 2.75) is 52.1 Å². The first-order chi connectivity index (χ1) is 12.0. The zero-order valence-corrected chi connectivity index (χ0v) is 15.5.